The molecule has 8 nitrogen and oxygen atoms in total. The van der Waals surface area contributed by atoms with E-state index in [2.05, 4.69) is 25.4 Å². The van der Waals surface area contributed by atoms with Gasteiger partial charge in [0.1, 0.15) is 12.4 Å². The van der Waals surface area contributed by atoms with Gasteiger partial charge in [-0.1, -0.05) is 32.0 Å². The lowest BCUT2D eigenvalue weighted by Crippen LogP contribution is -2.25. The van der Waals surface area contributed by atoms with Crippen LogP contribution in [0.4, 0.5) is 24.8 Å². The molecular weight excluding hydrogens is 543 g/mol. The highest BCUT2D eigenvalue weighted by molar-refractivity contribution is 5.64. The molecule has 220 valence electrons. The number of fused-ring (bicyclic) bond motifs is 1. The molecule has 0 aliphatic carbocycles. The number of rotatable bonds is 9. The maximum absolute atomic E-state index is 13.1. The van der Waals surface area contributed by atoms with Gasteiger partial charge in [-0.25, -0.2) is 4.52 Å². The van der Waals surface area contributed by atoms with E-state index < -0.39 is 11.7 Å². The molecular formula is C31H34F3N7O. The molecule has 0 unspecified atom stereocenters. The lowest BCUT2D eigenvalue weighted by atomic mass is 10.1. The zero-order chi connectivity index (χ0) is 29.5. The molecule has 0 amide bonds. The van der Waals surface area contributed by atoms with E-state index in [1.165, 1.54) is 18.9 Å². The monoisotopic (exact) mass is 577 g/mol. The number of likely N-dealkylation sites (tertiary alicyclic amines) is 1. The van der Waals surface area contributed by atoms with Crippen LogP contribution in [0.15, 0.2) is 79.1 Å². The Morgan fingerprint density at radius 3 is 2.48 bits per heavy atom. The first kappa shape index (κ1) is 29.1. The van der Waals surface area contributed by atoms with Gasteiger partial charge in [0.05, 0.1) is 24.0 Å². The zero-order valence-corrected chi connectivity index (χ0v) is 23.7. The van der Waals surface area contributed by atoms with Gasteiger partial charge < -0.3 is 10.1 Å². The third-order valence-electron chi connectivity index (χ3n) is 6.87. The van der Waals surface area contributed by atoms with Crippen LogP contribution in [0.1, 0.15) is 37.8 Å². The first-order valence-electron chi connectivity index (χ1n) is 14.2. The molecule has 42 heavy (non-hydrogen) atoms. The summed E-state index contributed by atoms with van der Waals surface area (Å²) in [5.41, 5.74) is 2.84. The lowest BCUT2D eigenvalue weighted by molar-refractivity contribution is -0.137. The number of nitrogens with zero attached hydrogens (tertiary/aromatic N) is 6. The summed E-state index contributed by atoms with van der Waals surface area (Å²) in [7, 11) is 0. The van der Waals surface area contributed by atoms with Crippen LogP contribution < -0.4 is 10.1 Å². The highest BCUT2D eigenvalue weighted by atomic mass is 19.4. The first-order chi connectivity index (χ1) is 20.4. The molecule has 1 fully saturated rings. The number of ether oxygens (including phenoxy) is 1. The van der Waals surface area contributed by atoms with Crippen molar-refractivity contribution in [2.75, 3.05) is 31.6 Å². The van der Waals surface area contributed by atoms with Crippen molar-refractivity contribution >= 4 is 17.3 Å². The summed E-state index contributed by atoms with van der Waals surface area (Å²) < 4.78 is 48.4. The fourth-order valence-corrected chi connectivity index (χ4v) is 4.85. The molecule has 4 heterocycles. The van der Waals surface area contributed by atoms with E-state index in [1.54, 1.807) is 27.7 Å². The Labute approximate surface area is 242 Å². The second kappa shape index (κ2) is 13.1. The number of halogens is 3. The molecule has 0 atom stereocenters. The molecule has 2 aromatic carbocycles. The fourth-order valence-electron chi connectivity index (χ4n) is 4.85. The van der Waals surface area contributed by atoms with Crippen molar-refractivity contribution < 1.29 is 17.9 Å². The van der Waals surface area contributed by atoms with Gasteiger partial charge in [0.15, 0.2) is 5.65 Å². The van der Waals surface area contributed by atoms with E-state index in [1.807, 2.05) is 56.3 Å². The second-order valence-corrected chi connectivity index (χ2v) is 9.79. The SMILES string of the molecule is CC.FC(F)(F)c1cccc(Cn2cc(-c3cccc4nc(Nc5ccc(OCCN6CCCC6)cc5)nn34)cn2)c1. The minimum absolute atomic E-state index is 0.210. The number of pyridine rings is 1. The topological polar surface area (TPSA) is 72.5 Å². The van der Waals surface area contributed by atoms with E-state index >= 15 is 0 Å². The van der Waals surface area contributed by atoms with Gasteiger partial charge in [-0.15, -0.1) is 5.10 Å². The van der Waals surface area contributed by atoms with Gasteiger partial charge in [0.2, 0.25) is 5.95 Å². The number of aromatic nitrogens is 5. The smallest absolute Gasteiger partial charge is 0.416 e. The summed E-state index contributed by atoms with van der Waals surface area (Å²) in [6.07, 6.45) is 1.60. The molecule has 11 heteroatoms. The van der Waals surface area contributed by atoms with Crippen LogP contribution in [-0.4, -0.2) is 55.5 Å². The number of nitrogens with one attached hydrogen (secondary N) is 1. The molecule has 5 aromatic rings. The molecule has 1 N–H and O–H groups in total. The highest BCUT2D eigenvalue weighted by Gasteiger charge is 2.30. The molecule has 1 saturated heterocycles. The van der Waals surface area contributed by atoms with Crippen molar-refractivity contribution in [1.82, 2.24) is 29.3 Å². The number of hydrogen-bond acceptors (Lipinski definition) is 6. The quantitative estimate of drug-likeness (QED) is 0.205. The van der Waals surface area contributed by atoms with E-state index in [-0.39, 0.29) is 6.54 Å². The standard InChI is InChI=1S/C29H28F3N7O.C2H6/c30-29(31,32)23-6-3-5-21(17-23)19-38-20-22(18-33-38)26-7-4-8-27-35-28(36-39(26)27)34-24-9-11-25(12-10-24)40-16-15-37-13-1-2-14-37;1-2/h3-12,17-18,20H,1-2,13-16,19H2,(H,34,36);1-2H3. The number of anilines is 2. The van der Waals surface area contributed by atoms with E-state index in [9.17, 15) is 13.2 Å². The number of hydrogen-bond donors (Lipinski definition) is 1. The van der Waals surface area contributed by atoms with Crippen molar-refractivity contribution in [2.45, 2.75) is 39.4 Å². The summed E-state index contributed by atoms with van der Waals surface area (Å²) in [5.74, 6) is 1.25. The van der Waals surface area contributed by atoms with Crippen molar-refractivity contribution in [3.05, 3.63) is 90.3 Å². The maximum Gasteiger partial charge on any atom is 0.416 e. The van der Waals surface area contributed by atoms with Crippen molar-refractivity contribution in [2.24, 2.45) is 0 Å². The van der Waals surface area contributed by atoms with Gasteiger partial charge in [-0.3, -0.25) is 9.58 Å². The Balaban J connectivity index is 0.00000173. The lowest BCUT2D eigenvalue weighted by Gasteiger charge is -2.15. The third kappa shape index (κ3) is 7.09. The number of alkyl halides is 3. The summed E-state index contributed by atoms with van der Waals surface area (Å²) >= 11 is 0. The molecule has 0 bridgehead atoms. The molecule has 1 aliphatic rings. The predicted molar refractivity (Wildman–Crippen MR) is 157 cm³/mol. The van der Waals surface area contributed by atoms with Gasteiger partial charge >= 0.3 is 6.18 Å². The summed E-state index contributed by atoms with van der Waals surface area (Å²) in [6.45, 7) is 8.13. The average molecular weight is 578 g/mol. The van der Waals surface area contributed by atoms with Crippen LogP contribution in [0.2, 0.25) is 0 Å². The first-order valence-corrected chi connectivity index (χ1v) is 14.2. The normalized spacial score (nSPS) is 13.6. The van der Waals surface area contributed by atoms with Gasteiger partial charge in [-0.2, -0.15) is 23.3 Å². The van der Waals surface area contributed by atoms with Crippen molar-refractivity contribution in [3.8, 4) is 17.0 Å². The van der Waals surface area contributed by atoms with Crippen molar-refractivity contribution in [3.63, 3.8) is 0 Å². The van der Waals surface area contributed by atoms with Gasteiger partial charge in [0.25, 0.3) is 0 Å². The molecule has 1 aliphatic heterocycles. The molecule has 0 radical (unpaired) electrons. The summed E-state index contributed by atoms with van der Waals surface area (Å²) in [5, 5.41) is 12.2. The van der Waals surface area contributed by atoms with Crippen molar-refractivity contribution in [1.29, 1.82) is 0 Å². The number of benzene rings is 2. The zero-order valence-electron chi connectivity index (χ0n) is 23.7. The Bertz CT molecular complexity index is 1590. The minimum Gasteiger partial charge on any atom is -0.492 e. The van der Waals surface area contributed by atoms with Crippen LogP contribution in [-0.2, 0) is 12.7 Å². The average Bonchev–Trinajstić information content (AvgIpc) is 3.76. The molecule has 3 aromatic heterocycles. The second-order valence-electron chi connectivity index (χ2n) is 9.79. The van der Waals surface area contributed by atoms with E-state index in [0.717, 1.165) is 54.5 Å². The van der Waals surface area contributed by atoms with Crippen LogP contribution >= 0.6 is 0 Å². The Hall–Kier alpha value is -4.38. The van der Waals surface area contributed by atoms with Crippen LogP contribution in [0, 0.1) is 0 Å². The largest absolute Gasteiger partial charge is 0.492 e. The van der Waals surface area contributed by atoms with Crippen LogP contribution in [0.3, 0.4) is 0 Å². The minimum atomic E-state index is -4.39. The maximum atomic E-state index is 13.1. The van der Waals surface area contributed by atoms with Gasteiger partial charge in [0, 0.05) is 24.0 Å². The van der Waals surface area contributed by atoms with E-state index in [0.29, 0.717) is 23.8 Å². The Kier molecular flexibility index (Phi) is 9.06. The molecule has 6 rings (SSSR count). The summed E-state index contributed by atoms with van der Waals surface area (Å²) in [6, 6.07) is 18.6. The highest BCUT2D eigenvalue weighted by Crippen LogP contribution is 2.30. The Morgan fingerprint density at radius 1 is 0.952 bits per heavy atom. The van der Waals surface area contributed by atoms with Crippen LogP contribution in [0.25, 0.3) is 16.9 Å². The molecule has 0 saturated carbocycles. The third-order valence-corrected chi connectivity index (χ3v) is 6.87. The Morgan fingerprint density at radius 2 is 1.71 bits per heavy atom. The van der Waals surface area contributed by atoms with E-state index in [4.69, 9.17) is 4.74 Å². The fraction of sp³-hybridized carbons (Fsp3) is 0.323. The van der Waals surface area contributed by atoms with Crippen LogP contribution in [0.5, 0.6) is 5.75 Å². The summed E-state index contributed by atoms with van der Waals surface area (Å²) in [4.78, 5) is 7.01. The van der Waals surface area contributed by atoms with Gasteiger partial charge in [-0.05, 0) is 80.0 Å². The predicted octanol–water partition coefficient (Wildman–Crippen LogP) is 6.90. The molecule has 0 spiro atoms.